The molecule has 15 heavy (non-hydrogen) atoms. The number of carbonyl (C=O) groups is 1. The summed E-state index contributed by atoms with van der Waals surface area (Å²) in [7, 11) is 0. The molecule has 6 nitrogen and oxygen atoms in total. The minimum atomic E-state index is -1.06. The fourth-order valence-corrected chi connectivity index (χ4v) is 1.91. The summed E-state index contributed by atoms with van der Waals surface area (Å²) >= 11 is 1.52. The predicted molar refractivity (Wildman–Crippen MR) is 57.6 cm³/mol. The molecule has 0 aromatic heterocycles. The molecule has 0 spiro atoms. The summed E-state index contributed by atoms with van der Waals surface area (Å²) in [5, 5.41) is 12.3. The van der Waals surface area contributed by atoms with Crippen LogP contribution >= 0.6 is 11.8 Å². The van der Waals surface area contributed by atoms with E-state index in [1.54, 1.807) is 5.01 Å². The molecular weight excluding hydrogens is 216 g/mol. The van der Waals surface area contributed by atoms with E-state index in [1.807, 2.05) is 19.3 Å². The van der Waals surface area contributed by atoms with E-state index in [1.165, 1.54) is 18.0 Å². The molecule has 0 atom stereocenters. The van der Waals surface area contributed by atoms with Crippen LogP contribution < -0.4 is 5.53 Å². The summed E-state index contributed by atoms with van der Waals surface area (Å²) in [6, 6.07) is 0. The number of hydrogen-bond acceptors (Lipinski definition) is 5. The Labute approximate surface area is 90.9 Å². The van der Waals surface area contributed by atoms with E-state index in [0.717, 1.165) is 15.7 Å². The summed E-state index contributed by atoms with van der Waals surface area (Å²) in [4.78, 5) is 15.0. The van der Waals surface area contributed by atoms with Gasteiger partial charge in [-0.05, 0) is 19.3 Å². The quantitative estimate of drug-likeness (QED) is 0.702. The maximum atomic E-state index is 10.7. The zero-order chi connectivity index (χ0) is 11.0. The molecule has 0 saturated heterocycles. The van der Waals surface area contributed by atoms with E-state index in [0.29, 0.717) is 5.82 Å². The van der Waals surface area contributed by atoms with Crippen molar-refractivity contribution in [1.29, 1.82) is 0 Å². The van der Waals surface area contributed by atoms with Gasteiger partial charge in [0.2, 0.25) is 0 Å². The predicted octanol–water partition coefficient (Wildman–Crippen LogP) is 1.18. The summed E-state index contributed by atoms with van der Waals surface area (Å²) in [6.07, 6.45) is 4.19. The Morgan fingerprint density at radius 2 is 2.40 bits per heavy atom. The number of carboxylic acid groups (broad SMARTS) is 1. The first-order valence-corrected chi connectivity index (χ1v) is 5.45. The van der Waals surface area contributed by atoms with Crippen LogP contribution in [-0.4, -0.2) is 33.2 Å². The lowest BCUT2D eigenvalue weighted by molar-refractivity contribution is 0.119. The lowest BCUT2D eigenvalue weighted by Crippen LogP contribution is -2.42. The summed E-state index contributed by atoms with van der Waals surface area (Å²) in [5.41, 5.74) is 3.55. The Hall–Kier alpha value is -1.47. The second-order valence-electron chi connectivity index (χ2n) is 3.02. The minimum absolute atomic E-state index is 0.585. The zero-order valence-electron chi connectivity index (χ0n) is 8.26. The average Bonchev–Trinajstić information content (AvgIpc) is 2.59. The van der Waals surface area contributed by atoms with Crippen molar-refractivity contribution in [2.24, 2.45) is 4.99 Å². The minimum Gasteiger partial charge on any atom is -0.464 e. The van der Waals surface area contributed by atoms with E-state index in [-0.39, 0.29) is 0 Å². The number of thioether (sulfide) groups is 1. The van der Waals surface area contributed by atoms with Gasteiger partial charge in [-0.2, -0.15) is 5.01 Å². The van der Waals surface area contributed by atoms with Gasteiger partial charge in [0.1, 0.15) is 0 Å². The highest BCUT2D eigenvalue weighted by Crippen LogP contribution is 2.28. The van der Waals surface area contributed by atoms with Crippen molar-refractivity contribution in [3.05, 3.63) is 23.1 Å². The van der Waals surface area contributed by atoms with Crippen LogP contribution in [0.2, 0.25) is 0 Å². The van der Waals surface area contributed by atoms with Crippen LogP contribution in [0.15, 0.2) is 28.1 Å². The van der Waals surface area contributed by atoms with Gasteiger partial charge in [0.25, 0.3) is 0 Å². The number of hydrazine groups is 2. The molecular formula is C8H10N4O2S. The van der Waals surface area contributed by atoms with Gasteiger partial charge < -0.3 is 5.11 Å². The van der Waals surface area contributed by atoms with E-state index in [4.69, 9.17) is 5.11 Å². The molecule has 7 heteroatoms. The molecule has 2 heterocycles. The molecule has 0 fully saturated rings. The molecule has 0 aromatic rings. The monoisotopic (exact) mass is 226 g/mol. The number of aliphatic imine (C=N–C) groups is 1. The van der Waals surface area contributed by atoms with E-state index < -0.39 is 6.09 Å². The number of rotatable bonds is 1. The van der Waals surface area contributed by atoms with Crippen molar-refractivity contribution in [2.75, 3.05) is 6.26 Å². The topological polar surface area (TPSA) is 68.2 Å². The molecule has 2 rings (SSSR count). The number of amides is 1. The van der Waals surface area contributed by atoms with E-state index >= 15 is 0 Å². The van der Waals surface area contributed by atoms with Crippen molar-refractivity contribution < 1.29 is 9.90 Å². The molecule has 0 aliphatic carbocycles. The van der Waals surface area contributed by atoms with E-state index in [9.17, 15) is 4.79 Å². The highest BCUT2D eigenvalue weighted by atomic mass is 32.2. The largest absolute Gasteiger partial charge is 0.464 e. The van der Waals surface area contributed by atoms with Gasteiger partial charge >= 0.3 is 6.09 Å². The Bertz CT molecular complexity index is 401. The molecule has 0 saturated carbocycles. The lowest BCUT2D eigenvalue weighted by atomic mass is 10.3. The van der Waals surface area contributed by atoms with Crippen LogP contribution in [0, 0.1) is 0 Å². The molecule has 0 unspecified atom stereocenters. The molecule has 1 amide bonds. The number of allylic oxidation sites excluding steroid dienone is 1. The first-order valence-electron chi connectivity index (χ1n) is 4.23. The van der Waals surface area contributed by atoms with Crippen molar-refractivity contribution in [1.82, 2.24) is 15.6 Å². The summed E-state index contributed by atoms with van der Waals surface area (Å²) in [5.74, 6) is 0.585. The Morgan fingerprint density at radius 1 is 1.67 bits per heavy atom. The highest BCUT2D eigenvalue weighted by Gasteiger charge is 2.29. The van der Waals surface area contributed by atoms with Crippen molar-refractivity contribution in [3.63, 3.8) is 0 Å². The molecule has 0 radical (unpaired) electrons. The maximum Gasteiger partial charge on any atom is 0.427 e. The number of fused-ring (bicyclic) bond motifs is 1. The van der Waals surface area contributed by atoms with Crippen LogP contribution in [0.3, 0.4) is 0 Å². The third-order valence-corrected chi connectivity index (χ3v) is 2.66. The molecule has 0 aromatic carbocycles. The summed E-state index contributed by atoms with van der Waals surface area (Å²) in [6.45, 7) is 1.87. The van der Waals surface area contributed by atoms with Gasteiger partial charge in [-0.15, -0.1) is 17.3 Å². The van der Waals surface area contributed by atoms with Crippen molar-refractivity contribution in [2.45, 2.75) is 6.92 Å². The zero-order valence-corrected chi connectivity index (χ0v) is 9.08. The second kappa shape index (κ2) is 3.59. The fraction of sp³-hybridized carbons (Fsp3) is 0.250. The third kappa shape index (κ3) is 1.71. The first kappa shape index (κ1) is 10.1. The maximum absolute atomic E-state index is 10.7. The SMILES string of the molecule is CSC1=CC(C)=NC2=CN(C(=O)O)NN21. The lowest BCUT2D eigenvalue weighted by Gasteiger charge is -2.25. The first-order chi connectivity index (χ1) is 7.11. The van der Waals surface area contributed by atoms with Gasteiger partial charge in [0.15, 0.2) is 5.82 Å². The van der Waals surface area contributed by atoms with Crippen LogP contribution in [0.5, 0.6) is 0 Å². The van der Waals surface area contributed by atoms with Gasteiger partial charge in [0.05, 0.1) is 11.2 Å². The molecule has 2 aliphatic heterocycles. The average molecular weight is 226 g/mol. The number of hydrogen-bond donors (Lipinski definition) is 2. The molecule has 2 aliphatic rings. The molecule has 0 bridgehead atoms. The Balaban J connectivity index is 2.31. The number of nitrogens with zero attached hydrogens (tertiary/aromatic N) is 3. The van der Waals surface area contributed by atoms with Crippen LogP contribution in [0.1, 0.15) is 6.92 Å². The van der Waals surface area contributed by atoms with E-state index in [2.05, 4.69) is 10.5 Å². The molecule has 80 valence electrons. The van der Waals surface area contributed by atoms with Crippen LogP contribution in [-0.2, 0) is 0 Å². The smallest absolute Gasteiger partial charge is 0.427 e. The van der Waals surface area contributed by atoms with Crippen LogP contribution in [0.4, 0.5) is 4.79 Å². The fourth-order valence-electron chi connectivity index (χ4n) is 1.31. The van der Waals surface area contributed by atoms with Gasteiger partial charge in [-0.3, -0.25) is 0 Å². The van der Waals surface area contributed by atoms with Crippen molar-refractivity contribution >= 4 is 23.6 Å². The Kier molecular flexibility index (Phi) is 2.41. The van der Waals surface area contributed by atoms with Gasteiger partial charge in [-0.1, -0.05) is 0 Å². The van der Waals surface area contributed by atoms with Crippen molar-refractivity contribution in [3.8, 4) is 0 Å². The van der Waals surface area contributed by atoms with Crippen LogP contribution in [0.25, 0.3) is 0 Å². The third-order valence-electron chi connectivity index (χ3n) is 1.94. The molecule has 2 N–H and O–H groups in total. The summed E-state index contributed by atoms with van der Waals surface area (Å²) < 4.78 is 0. The Morgan fingerprint density at radius 3 is 3.00 bits per heavy atom. The van der Waals surface area contributed by atoms with Gasteiger partial charge in [-0.25, -0.2) is 14.8 Å². The van der Waals surface area contributed by atoms with Gasteiger partial charge in [0, 0.05) is 5.71 Å². The second-order valence-corrected chi connectivity index (χ2v) is 3.84. The number of nitrogens with one attached hydrogen (secondary N) is 1. The highest BCUT2D eigenvalue weighted by molar-refractivity contribution is 8.02. The standard InChI is InChI=1S/C8H10N4O2S/c1-5-3-7(15-2)12-6(9-5)4-11(10-12)8(13)14/h3-4,10H,1-2H3,(H,13,14). The normalized spacial score (nSPS) is 19.5.